The lowest BCUT2D eigenvalue weighted by atomic mass is 10.3. The molecule has 1 aliphatic rings. The van der Waals surface area contributed by atoms with Crippen LogP contribution in [-0.2, 0) is 0 Å². The maximum atomic E-state index is 10.9. The molecule has 2 aromatic rings. The maximum Gasteiger partial charge on any atom is 0.338 e. The molecule has 7 nitrogen and oxygen atoms in total. The summed E-state index contributed by atoms with van der Waals surface area (Å²) in [5.41, 5.74) is 0.969. The standard InChI is InChI=1S/C12H13N5O2/c1-7-4-13-12(15-9-2-3-9)16-10(7)17-6-8(5-14-17)11(18)19/h4-6,9H,2-3H2,1H3,(H,18,19)(H,13,15,16). The molecule has 3 rings (SSSR count). The number of hydrogen-bond donors (Lipinski definition) is 2. The molecule has 2 heterocycles. The van der Waals surface area contributed by atoms with Gasteiger partial charge in [0.15, 0.2) is 5.82 Å². The van der Waals surface area contributed by atoms with Crippen molar-refractivity contribution in [1.29, 1.82) is 0 Å². The van der Waals surface area contributed by atoms with Gasteiger partial charge in [0, 0.05) is 24.0 Å². The van der Waals surface area contributed by atoms with Crippen LogP contribution in [0.25, 0.3) is 5.82 Å². The second kappa shape index (κ2) is 4.34. The number of anilines is 1. The first-order valence-corrected chi connectivity index (χ1v) is 6.02. The topological polar surface area (TPSA) is 92.9 Å². The molecule has 0 aliphatic heterocycles. The van der Waals surface area contributed by atoms with Crippen LogP contribution in [0.1, 0.15) is 28.8 Å². The van der Waals surface area contributed by atoms with Crippen LogP contribution in [0.4, 0.5) is 5.95 Å². The van der Waals surface area contributed by atoms with Gasteiger partial charge in [0.25, 0.3) is 0 Å². The van der Waals surface area contributed by atoms with E-state index in [2.05, 4.69) is 20.4 Å². The smallest absolute Gasteiger partial charge is 0.338 e. The molecule has 0 aromatic carbocycles. The molecule has 2 N–H and O–H groups in total. The number of hydrogen-bond acceptors (Lipinski definition) is 5. The minimum atomic E-state index is -1.01. The Labute approximate surface area is 109 Å². The van der Waals surface area contributed by atoms with Crippen LogP contribution in [0.3, 0.4) is 0 Å². The lowest BCUT2D eigenvalue weighted by molar-refractivity contribution is 0.0697. The largest absolute Gasteiger partial charge is 0.478 e. The molecule has 0 amide bonds. The molecule has 0 atom stereocenters. The van der Waals surface area contributed by atoms with E-state index in [0.717, 1.165) is 18.4 Å². The molecular formula is C12H13N5O2. The minimum absolute atomic E-state index is 0.134. The van der Waals surface area contributed by atoms with E-state index in [1.165, 1.54) is 17.1 Å². The molecular weight excluding hydrogens is 246 g/mol. The number of carboxylic acid groups (broad SMARTS) is 1. The normalized spacial score (nSPS) is 14.4. The van der Waals surface area contributed by atoms with Gasteiger partial charge in [0.2, 0.25) is 5.95 Å². The first kappa shape index (κ1) is 11.6. The zero-order valence-electron chi connectivity index (χ0n) is 10.4. The van der Waals surface area contributed by atoms with E-state index in [0.29, 0.717) is 17.8 Å². The fourth-order valence-electron chi connectivity index (χ4n) is 1.69. The van der Waals surface area contributed by atoms with Crippen LogP contribution < -0.4 is 5.32 Å². The molecule has 98 valence electrons. The van der Waals surface area contributed by atoms with Gasteiger partial charge in [0.05, 0.1) is 11.8 Å². The highest BCUT2D eigenvalue weighted by Crippen LogP contribution is 2.23. The number of aryl methyl sites for hydroxylation is 1. The number of carboxylic acids is 1. The number of carbonyl (C=O) groups is 1. The first-order valence-electron chi connectivity index (χ1n) is 6.02. The van der Waals surface area contributed by atoms with Crippen molar-refractivity contribution in [2.45, 2.75) is 25.8 Å². The molecule has 1 fully saturated rings. The van der Waals surface area contributed by atoms with Gasteiger partial charge in [0.1, 0.15) is 0 Å². The third-order valence-electron chi connectivity index (χ3n) is 2.90. The van der Waals surface area contributed by atoms with E-state index in [4.69, 9.17) is 5.11 Å². The highest BCUT2D eigenvalue weighted by atomic mass is 16.4. The van der Waals surface area contributed by atoms with E-state index in [1.807, 2.05) is 6.92 Å². The van der Waals surface area contributed by atoms with Gasteiger partial charge in [-0.15, -0.1) is 0 Å². The summed E-state index contributed by atoms with van der Waals surface area (Å²) in [5, 5.41) is 16.1. The molecule has 2 aromatic heterocycles. The summed E-state index contributed by atoms with van der Waals surface area (Å²) < 4.78 is 1.46. The van der Waals surface area contributed by atoms with Gasteiger partial charge in [-0.1, -0.05) is 0 Å². The average Bonchev–Trinajstić information content (AvgIpc) is 3.05. The molecule has 0 bridgehead atoms. The molecule has 19 heavy (non-hydrogen) atoms. The van der Waals surface area contributed by atoms with Crippen LogP contribution in [0.2, 0.25) is 0 Å². The Kier molecular flexibility index (Phi) is 2.66. The Balaban J connectivity index is 1.94. The van der Waals surface area contributed by atoms with Crippen LogP contribution in [0.5, 0.6) is 0 Å². The van der Waals surface area contributed by atoms with Crippen molar-refractivity contribution in [2.24, 2.45) is 0 Å². The van der Waals surface area contributed by atoms with E-state index >= 15 is 0 Å². The highest BCUT2D eigenvalue weighted by Gasteiger charge is 2.22. The number of nitrogens with one attached hydrogen (secondary N) is 1. The molecule has 0 radical (unpaired) electrons. The van der Waals surface area contributed by atoms with E-state index < -0.39 is 5.97 Å². The highest BCUT2D eigenvalue weighted by molar-refractivity contribution is 5.86. The Morgan fingerprint density at radius 3 is 2.89 bits per heavy atom. The van der Waals surface area contributed by atoms with Gasteiger partial charge < -0.3 is 10.4 Å². The summed E-state index contributed by atoms with van der Waals surface area (Å²) in [5.74, 6) is 0.135. The summed E-state index contributed by atoms with van der Waals surface area (Å²) in [4.78, 5) is 19.4. The van der Waals surface area contributed by atoms with Crippen LogP contribution in [0, 0.1) is 6.92 Å². The first-order chi connectivity index (χ1) is 9.13. The zero-order chi connectivity index (χ0) is 13.4. The molecule has 7 heteroatoms. The van der Waals surface area contributed by atoms with E-state index in [1.54, 1.807) is 6.20 Å². The number of aromatic carboxylic acids is 1. The van der Waals surface area contributed by atoms with Crippen molar-refractivity contribution < 1.29 is 9.90 Å². The molecule has 0 unspecified atom stereocenters. The molecule has 1 aliphatic carbocycles. The summed E-state index contributed by atoms with van der Waals surface area (Å²) in [7, 11) is 0. The summed E-state index contributed by atoms with van der Waals surface area (Å²) >= 11 is 0. The summed E-state index contributed by atoms with van der Waals surface area (Å²) in [6.07, 6.45) is 6.72. The van der Waals surface area contributed by atoms with Gasteiger partial charge in [-0.05, 0) is 19.8 Å². The zero-order valence-corrected chi connectivity index (χ0v) is 10.4. The quantitative estimate of drug-likeness (QED) is 0.858. The van der Waals surface area contributed by atoms with Crippen molar-refractivity contribution in [1.82, 2.24) is 19.7 Å². The van der Waals surface area contributed by atoms with Gasteiger partial charge >= 0.3 is 5.97 Å². The SMILES string of the molecule is Cc1cnc(NC2CC2)nc1-n1cc(C(=O)O)cn1. The predicted octanol–water partition coefficient (Wildman–Crippen LogP) is 1.24. The van der Waals surface area contributed by atoms with Gasteiger partial charge in [-0.3, -0.25) is 0 Å². The third-order valence-corrected chi connectivity index (χ3v) is 2.90. The Morgan fingerprint density at radius 2 is 2.26 bits per heavy atom. The van der Waals surface area contributed by atoms with Crippen molar-refractivity contribution in [3.8, 4) is 5.82 Å². The second-order valence-corrected chi connectivity index (χ2v) is 4.60. The van der Waals surface area contributed by atoms with Crippen molar-refractivity contribution in [2.75, 3.05) is 5.32 Å². The Morgan fingerprint density at radius 1 is 1.47 bits per heavy atom. The number of nitrogens with zero attached hydrogens (tertiary/aromatic N) is 4. The number of aromatic nitrogens is 4. The minimum Gasteiger partial charge on any atom is -0.478 e. The van der Waals surface area contributed by atoms with Crippen molar-refractivity contribution in [3.63, 3.8) is 0 Å². The average molecular weight is 259 g/mol. The molecule has 0 saturated heterocycles. The van der Waals surface area contributed by atoms with Crippen LogP contribution in [0.15, 0.2) is 18.6 Å². The fraction of sp³-hybridized carbons (Fsp3) is 0.333. The van der Waals surface area contributed by atoms with Gasteiger partial charge in [-0.25, -0.2) is 14.5 Å². The van der Waals surface area contributed by atoms with Crippen LogP contribution in [-0.4, -0.2) is 36.9 Å². The maximum absolute atomic E-state index is 10.9. The Bertz CT molecular complexity index is 633. The summed E-state index contributed by atoms with van der Waals surface area (Å²) in [6, 6.07) is 0.461. The molecule has 1 saturated carbocycles. The third kappa shape index (κ3) is 2.40. The second-order valence-electron chi connectivity index (χ2n) is 4.60. The van der Waals surface area contributed by atoms with Crippen LogP contribution >= 0.6 is 0 Å². The lowest BCUT2D eigenvalue weighted by Gasteiger charge is -2.07. The monoisotopic (exact) mass is 259 g/mol. The van der Waals surface area contributed by atoms with E-state index in [9.17, 15) is 4.79 Å². The van der Waals surface area contributed by atoms with E-state index in [-0.39, 0.29) is 5.56 Å². The fourth-order valence-corrected chi connectivity index (χ4v) is 1.69. The summed E-state index contributed by atoms with van der Waals surface area (Å²) in [6.45, 7) is 1.86. The lowest BCUT2D eigenvalue weighted by Crippen LogP contribution is -2.09. The Hall–Kier alpha value is -2.44. The van der Waals surface area contributed by atoms with Gasteiger partial charge in [-0.2, -0.15) is 10.1 Å². The predicted molar refractivity (Wildman–Crippen MR) is 67.5 cm³/mol. The van der Waals surface area contributed by atoms with Crippen molar-refractivity contribution >= 4 is 11.9 Å². The molecule has 0 spiro atoms. The van der Waals surface area contributed by atoms with Crippen molar-refractivity contribution in [3.05, 3.63) is 29.7 Å². The number of rotatable bonds is 4.